The third kappa shape index (κ3) is 5.91. The number of sulfonamides is 1. The third-order valence-electron chi connectivity index (χ3n) is 6.87. The smallest absolute Gasteiger partial charge is 0.264 e. The van der Waals surface area contributed by atoms with Crippen molar-refractivity contribution in [3.63, 3.8) is 0 Å². The van der Waals surface area contributed by atoms with E-state index < -0.39 is 10.0 Å². The molecule has 4 rings (SSSR count). The fourth-order valence-corrected chi connectivity index (χ4v) is 5.94. The number of benzene rings is 3. The van der Waals surface area contributed by atoms with Crippen molar-refractivity contribution in [3.05, 3.63) is 83.4 Å². The van der Waals surface area contributed by atoms with Crippen molar-refractivity contribution >= 4 is 27.3 Å². The first-order chi connectivity index (χ1) is 17.7. The number of piperazine rings is 1. The topological polar surface area (TPSA) is 70.2 Å². The van der Waals surface area contributed by atoms with Crippen molar-refractivity contribution in [3.8, 4) is 5.75 Å². The Morgan fingerprint density at radius 3 is 2.16 bits per heavy atom. The first kappa shape index (κ1) is 26.5. The molecule has 0 radical (unpaired) electrons. The largest absolute Gasteiger partial charge is 0.494 e. The average Bonchev–Trinajstić information content (AvgIpc) is 2.90. The van der Waals surface area contributed by atoms with Crippen molar-refractivity contribution in [2.24, 2.45) is 0 Å². The minimum Gasteiger partial charge on any atom is -0.494 e. The van der Waals surface area contributed by atoms with Gasteiger partial charge in [0, 0.05) is 31.9 Å². The molecule has 0 spiro atoms. The van der Waals surface area contributed by atoms with Crippen LogP contribution in [-0.4, -0.2) is 58.6 Å². The first-order valence-corrected chi connectivity index (χ1v) is 14.1. The van der Waals surface area contributed by atoms with Crippen LogP contribution in [0.15, 0.2) is 71.6 Å². The van der Waals surface area contributed by atoms with Crippen LogP contribution in [0, 0.1) is 20.8 Å². The molecule has 1 heterocycles. The van der Waals surface area contributed by atoms with Crippen molar-refractivity contribution in [1.29, 1.82) is 0 Å². The number of anilines is 2. The summed E-state index contributed by atoms with van der Waals surface area (Å²) < 4.78 is 34.1. The second-order valence-electron chi connectivity index (χ2n) is 9.34. The molecule has 3 aromatic carbocycles. The number of hydrogen-bond donors (Lipinski definition) is 0. The molecule has 37 heavy (non-hydrogen) atoms. The van der Waals surface area contributed by atoms with Crippen LogP contribution >= 0.6 is 0 Å². The van der Waals surface area contributed by atoms with Gasteiger partial charge in [-0.1, -0.05) is 29.8 Å². The van der Waals surface area contributed by atoms with Gasteiger partial charge in [0.15, 0.2) is 0 Å². The lowest BCUT2D eigenvalue weighted by Crippen LogP contribution is -2.52. The molecule has 0 aliphatic carbocycles. The predicted molar refractivity (Wildman–Crippen MR) is 148 cm³/mol. The monoisotopic (exact) mass is 521 g/mol. The zero-order valence-corrected chi connectivity index (χ0v) is 22.8. The summed E-state index contributed by atoms with van der Waals surface area (Å²) in [6.07, 6.45) is 0. The summed E-state index contributed by atoms with van der Waals surface area (Å²) in [7, 11) is -3.96. The van der Waals surface area contributed by atoms with Crippen LogP contribution in [0.3, 0.4) is 0 Å². The van der Waals surface area contributed by atoms with Crippen LogP contribution in [0.4, 0.5) is 11.4 Å². The lowest BCUT2D eigenvalue weighted by Gasteiger charge is -2.38. The summed E-state index contributed by atoms with van der Waals surface area (Å²) in [6.45, 7) is 10.7. The number of rotatable bonds is 8. The van der Waals surface area contributed by atoms with Gasteiger partial charge in [0.2, 0.25) is 5.91 Å². The number of nitrogens with zero attached hydrogens (tertiary/aromatic N) is 3. The molecule has 0 aromatic heterocycles. The van der Waals surface area contributed by atoms with Gasteiger partial charge in [0.25, 0.3) is 10.0 Å². The van der Waals surface area contributed by atoms with Crippen molar-refractivity contribution in [2.45, 2.75) is 32.6 Å². The van der Waals surface area contributed by atoms with E-state index in [9.17, 15) is 13.2 Å². The molecule has 7 nitrogen and oxygen atoms in total. The maximum Gasteiger partial charge on any atom is 0.264 e. The minimum absolute atomic E-state index is 0.152. The molecule has 0 atom stereocenters. The second kappa shape index (κ2) is 11.3. The Hall–Kier alpha value is -3.52. The lowest BCUT2D eigenvalue weighted by molar-refractivity contribution is -0.129. The Bertz CT molecular complexity index is 1330. The number of aryl methyl sites for hydroxylation is 2. The molecule has 0 saturated carbocycles. The first-order valence-electron chi connectivity index (χ1n) is 12.6. The third-order valence-corrected chi connectivity index (χ3v) is 8.66. The molecule has 0 bridgehead atoms. The fraction of sp³-hybridized carbons (Fsp3) is 0.345. The van der Waals surface area contributed by atoms with E-state index in [4.69, 9.17) is 4.74 Å². The van der Waals surface area contributed by atoms with E-state index in [1.165, 1.54) is 21.1 Å². The molecular weight excluding hydrogens is 486 g/mol. The van der Waals surface area contributed by atoms with Gasteiger partial charge in [-0.3, -0.25) is 9.10 Å². The average molecular weight is 522 g/mol. The molecule has 8 heteroatoms. The van der Waals surface area contributed by atoms with E-state index in [0.717, 1.165) is 5.56 Å². The summed E-state index contributed by atoms with van der Waals surface area (Å²) in [5.74, 6) is 0.429. The summed E-state index contributed by atoms with van der Waals surface area (Å²) >= 11 is 0. The van der Waals surface area contributed by atoms with Crippen LogP contribution in [0.1, 0.15) is 23.6 Å². The highest BCUT2D eigenvalue weighted by atomic mass is 32.2. The maximum absolute atomic E-state index is 13.7. The van der Waals surface area contributed by atoms with E-state index in [1.54, 1.807) is 53.4 Å². The highest BCUT2D eigenvalue weighted by molar-refractivity contribution is 7.92. The van der Waals surface area contributed by atoms with E-state index in [0.29, 0.717) is 44.2 Å². The number of carbonyl (C=O) groups is 1. The van der Waals surface area contributed by atoms with Gasteiger partial charge >= 0.3 is 0 Å². The Morgan fingerprint density at radius 2 is 1.54 bits per heavy atom. The summed E-state index contributed by atoms with van der Waals surface area (Å²) in [6, 6.07) is 19.8. The number of ether oxygens (including phenoxy) is 1. The Labute approximate surface area is 220 Å². The highest BCUT2D eigenvalue weighted by Crippen LogP contribution is 2.27. The van der Waals surface area contributed by atoms with Gasteiger partial charge < -0.3 is 14.5 Å². The molecule has 1 aliphatic heterocycles. The van der Waals surface area contributed by atoms with Gasteiger partial charge in [-0.2, -0.15) is 0 Å². The zero-order chi connectivity index (χ0) is 26.6. The normalized spacial score (nSPS) is 13.9. The summed E-state index contributed by atoms with van der Waals surface area (Å²) in [5, 5.41) is 0. The van der Waals surface area contributed by atoms with E-state index >= 15 is 0 Å². The zero-order valence-electron chi connectivity index (χ0n) is 22.0. The lowest BCUT2D eigenvalue weighted by atomic mass is 10.1. The van der Waals surface area contributed by atoms with Gasteiger partial charge in [0.05, 0.1) is 17.2 Å². The molecule has 1 fully saturated rings. The van der Waals surface area contributed by atoms with Crippen LogP contribution in [0.25, 0.3) is 0 Å². The van der Waals surface area contributed by atoms with Crippen LogP contribution in [-0.2, 0) is 14.8 Å². The predicted octanol–water partition coefficient (Wildman–Crippen LogP) is 4.55. The molecule has 196 valence electrons. The van der Waals surface area contributed by atoms with Crippen LogP contribution in [0.5, 0.6) is 5.75 Å². The van der Waals surface area contributed by atoms with E-state index in [2.05, 4.69) is 36.9 Å². The van der Waals surface area contributed by atoms with Crippen molar-refractivity contribution < 1.29 is 17.9 Å². The quantitative estimate of drug-likeness (QED) is 0.435. The minimum atomic E-state index is -3.96. The molecule has 1 aliphatic rings. The van der Waals surface area contributed by atoms with Crippen LogP contribution in [0.2, 0.25) is 0 Å². The Balaban J connectivity index is 1.54. The molecule has 3 aromatic rings. The van der Waals surface area contributed by atoms with Gasteiger partial charge in [-0.05, 0) is 81.3 Å². The van der Waals surface area contributed by atoms with Crippen molar-refractivity contribution in [2.75, 3.05) is 48.5 Å². The number of amides is 1. The fourth-order valence-electron chi connectivity index (χ4n) is 4.53. The Kier molecular flexibility index (Phi) is 8.07. The maximum atomic E-state index is 13.7. The molecule has 0 unspecified atom stereocenters. The van der Waals surface area contributed by atoms with E-state index in [-0.39, 0.29) is 17.3 Å². The molecule has 0 N–H and O–H groups in total. The second-order valence-corrected chi connectivity index (χ2v) is 11.2. The van der Waals surface area contributed by atoms with Crippen molar-refractivity contribution in [1.82, 2.24) is 4.90 Å². The van der Waals surface area contributed by atoms with Gasteiger partial charge in [0.1, 0.15) is 12.3 Å². The number of hydrogen-bond acceptors (Lipinski definition) is 5. The highest BCUT2D eigenvalue weighted by Gasteiger charge is 2.30. The molecule has 1 amide bonds. The number of carbonyl (C=O) groups excluding carboxylic acids is 1. The summed E-state index contributed by atoms with van der Waals surface area (Å²) in [4.78, 5) is 17.6. The van der Waals surface area contributed by atoms with Gasteiger partial charge in [-0.15, -0.1) is 0 Å². The molecule has 1 saturated heterocycles. The van der Waals surface area contributed by atoms with Crippen LogP contribution < -0.4 is 13.9 Å². The summed E-state index contributed by atoms with van der Waals surface area (Å²) in [5.41, 5.74) is 5.05. The molecular formula is C29H35N3O4S. The SMILES string of the molecule is CCOc1ccc(N(CC(=O)N2CCN(c3cccc(C)c3C)CC2)S(=O)(=O)c2ccc(C)cc2)cc1. The van der Waals surface area contributed by atoms with E-state index in [1.807, 2.05) is 13.8 Å². The Morgan fingerprint density at radius 1 is 0.892 bits per heavy atom. The standard InChI is InChI=1S/C29H35N3O4S/c1-5-36-26-13-11-25(12-14-26)32(37(34,35)27-15-9-22(2)10-16-27)21-29(33)31-19-17-30(18-20-31)28-8-6-7-23(3)24(28)4/h6-16H,5,17-21H2,1-4H3. The van der Waals surface area contributed by atoms with Gasteiger partial charge in [-0.25, -0.2) is 8.42 Å².